The maximum Gasteiger partial charge on any atom is 0.320 e. The second-order valence-electron chi connectivity index (χ2n) is 9.05. The molecule has 2 amide bonds. The molecular weight excluding hydrogens is 430 g/mol. The highest BCUT2D eigenvalue weighted by molar-refractivity contribution is 5.76. The van der Waals surface area contributed by atoms with Crippen LogP contribution in [0.2, 0.25) is 0 Å². The molecule has 176 valence electrons. The van der Waals surface area contributed by atoms with Crippen molar-refractivity contribution < 1.29 is 9.90 Å². The number of benzene rings is 1. The number of aliphatic hydroxyl groups excluding tert-OH is 1. The first kappa shape index (κ1) is 22.3. The third-order valence-corrected chi connectivity index (χ3v) is 6.57. The van der Waals surface area contributed by atoms with E-state index in [1.165, 1.54) is 17.2 Å². The number of carbonyl (C=O) groups is 1. The highest BCUT2D eigenvalue weighted by Crippen LogP contribution is 2.20. The predicted octanol–water partition coefficient (Wildman–Crippen LogP) is 2.09. The zero-order valence-corrected chi connectivity index (χ0v) is 19.1. The lowest BCUT2D eigenvalue weighted by molar-refractivity contribution is 0.0812. The smallest absolute Gasteiger partial charge is 0.320 e. The van der Waals surface area contributed by atoms with Gasteiger partial charge < -0.3 is 19.9 Å². The number of amides is 2. The van der Waals surface area contributed by atoms with Crippen LogP contribution in [0.1, 0.15) is 16.7 Å². The minimum atomic E-state index is -0.576. The average Bonchev–Trinajstić information content (AvgIpc) is 3.18. The molecular formula is C26H29N5O3. The first-order chi connectivity index (χ1) is 16.5. The molecule has 3 aromatic rings. The van der Waals surface area contributed by atoms with E-state index in [0.29, 0.717) is 32.7 Å². The number of hydrogen-bond donors (Lipinski definition) is 2. The predicted molar refractivity (Wildman–Crippen MR) is 129 cm³/mol. The fourth-order valence-electron chi connectivity index (χ4n) is 4.75. The number of H-pyrrole nitrogens is 1. The minimum Gasteiger partial charge on any atom is -0.390 e. The lowest BCUT2D eigenvalue weighted by Crippen LogP contribution is -2.43. The number of carbonyl (C=O) groups excluding carboxylic acids is 1. The number of rotatable bonds is 7. The van der Waals surface area contributed by atoms with E-state index >= 15 is 0 Å². The quantitative estimate of drug-likeness (QED) is 0.565. The van der Waals surface area contributed by atoms with Gasteiger partial charge in [-0.3, -0.25) is 14.7 Å². The van der Waals surface area contributed by atoms with E-state index in [-0.39, 0.29) is 11.6 Å². The molecule has 0 radical (unpaired) electrons. The summed E-state index contributed by atoms with van der Waals surface area (Å²) in [7, 11) is 0. The van der Waals surface area contributed by atoms with E-state index in [2.05, 4.69) is 39.1 Å². The third kappa shape index (κ3) is 5.03. The zero-order valence-electron chi connectivity index (χ0n) is 19.1. The van der Waals surface area contributed by atoms with E-state index in [1.807, 2.05) is 12.1 Å². The van der Waals surface area contributed by atoms with Crippen molar-refractivity contribution in [2.24, 2.45) is 0 Å². The van der Waals surface area contributed by atoms with Crippen LogP contribution in [0, 0.1) is 0 Å². The highest BCUT2D eigenvalue weighted by Gasteiger charge is 2.30. The van der Waals surface area contributed by atoms with Crippen LogP contribution in [0.5, 0.6) is 0 Å². The Hall–Kier alpha value is -3.49. The molecule has 1 saturated heterocycles. The second kappa shape index (κ2) is 9.79. The van der Waals surface area contributed by atoms with E-state index < -0.39 is 6.10 Å². The van der Waals surface area contributed by atoms with Crippen molar-refractivity contribution in [3.05, 3.63) is 88.0 Å². The Bertz CT molecular complexity index is 1190. The van der Waals surface area contributed by atoms with Gasteiger partial charge in [-0.15, -0.1) is 0 Å². The topological polar surface area (TPSA) is 92.8 Å². The molecule has 1 aromatic carbocycles. The standard InChI is InChI=1S/C26H29N5O3/c32-23(17-29-10-9-20-3-1-2-4-22(20)16-29)18-31-12-11-30(26(31)34)15-19-5-7-24(27-13-19)21-6-8-25(33)28-14-21/h1-8,13-14,23,32H,9-12,15-18H2,(H,28,33)/t23-/m1/s1. The van der Waals surface area contributed by atoms with E-state index in [0.717, 1.165) is 36.3 Å². The van der Waals surface area contributed by atoms with Crippen molar-refractivity contribution in [2.75, 3.05) is 32.7 Å². The van der Waals surface area contributed by atoms with Crippen LogP contribution in [-0.4, -0.2) is 74.6 Å². The fraction of sp³-hybridized carbons (Fsp3) is 0.346. The number of fused-ring (bicyclic) bond motifs is 1. The molecule has 8 nitrogen and oxygen atoms in total. The molecule has 0 spiro atoms. The molecule has 0 aliphatic carbocycles. The highest BCUT2D eigenvalue weighted by atomic mass is 16.3. The van der Waals surface area contributed by atoms with Gasteiger partial charge in [0.1, 0.15) is 0 Å². The number of aromatic amines is 1. The summed E-state index contributed by atoms with van der Waals surface area (Å²) in [5, 5.41) is 10.7. The molecule has 2 aromatic heterocycles. The number of urea groups is 1. The van der Waals surface area contributed by atoms with Gasteiger partial charge in [-0.1, -0.05) is 30.3 Å². The van der Waals surface area contributed by atoms with Gasteiger partial charge in [0, 0.05) is 69.8 Å². The number of hydrogen-bond acceptors (Lipinski definition) is 5. The second-order valence-corrected chi connectivity index (χ2v) is 9.05. The van der Waals surface area contributed by atoms with Crippen LogP contribution in [0.4, 0.5) is 4.79 Å². The number of pyridine rings is 2. The summed E-state index contributed by atoms with van der Waals surface area (Å²) in [6, 6.07) is 15.5. The molecule has 4 heterocycles. The molecule has 1 atom stereocenters. The van der Waals surface area contributed by atoms with Crippen molar-refractivity contribution >= 4 is 6.03 Å². The lowest BCUT2D eigenvalue weighted by atomic mass is 10.00. The van der Waals surface area contributed by atoms with Gasteiger partial charge in [-0.25, -0.2) is 4.79 Å². The summed E-state index contributed by atoms with van der Waals surface area (Å²) in [5.41, 5.74) is 5.10. The van der Waals surface area contributed by atoms with Crippen LogP contribution in [-0.2, 0) is 19.5 Å². The van der Waals surface area contributed by atoms with Crippen molar-refractivity contribution in [2.45, 2.75) is 25.6 Å². The summed E-state index contributed by atoms with van der Waals surface area (Å²) in [4.78, 5) is 37.1. The first-order valence-corrected chi connectivity index (χ1v) is 11.7. The number of nitrogens with one attached hydrogen (secondary N) is 1. The molecule has 1 fully saturated rings. The summed E-state index contributed by atoms with van der Waals surface area (Å²) in [6.45, 7) is 4.40. The molecule has 0 unspecified atom stereocenters. The molecule has 34 heavy (non-hydrogen) atoms. The van der Waals surface area contributed by atoms with Crippen molar-refractivity contribution in [3.8, 4) is 11.3 Å². The van der Waals surface area contributed by atoms with Gasteiger partial charge in [0.25, 0.3) is 0 Å². The molecule has 2 aliphatic rings. The molecule has 2 N–H and O–H groups in total. The molecule has 0 saturated carbocycles. The number of nitrogens with zero attached hydrogens (tertiary/aromatic N) is 4. The number of aromatic nitrogens is 2. The number of aliphatic hydroxyl groups is 1. The van der Waals surface area contributed by atoms with Crippen LogP contribution in [0.25, 0.3) is 11.3 Å². The summed E-state index contributed by atoms with van der Waals surface area (Å²) in [6.07, 6.45) is 3.82. The molecule has 8 heteroatoms. The van der Waals surface area contributed by atoms with E-state index in [4.69, 9.17) is 0 Å². The lowest BCUT2D eigenvalue weighted by Gasteiger charge is -2.31. The van der Waals surface area contributed by atoms with Crippen molar-refractivity contribution in [1.82, 2.24) is 24.7 Å². The van der Waals surface area contributed by atoms with Crippen molar-refractivity contribution in [3.63, 3.8) is 0 Å². The van der Waals surface area contributed by atoms with Gasteiger partial charge in [0.2, 0.25) is 5.56 Å². The van der Waals surface area contributed by atoms with E-state index in [9.17, 15) is 14.7 Å². The largest absolute Gasteiger partial charge is 0.390 e. The Morgan fingerprint density at radius 3 is 2.53 bits per heavy atom. The van der Waals surface area contributed by atoms with Gasteiger partial charge in [0.15, 0.2) is 0 Å². The van der Waals surface area contributed by atoms with E-state index in [1.54, 1.807) is 28.3 Å². The maximum absolute atomic E-state index is 12.9. The van der Waals surface area contributed by atoms with Gasteiger partial charge in [0.05, 0.1) is 11.8 Å². The average molecular weight is 460 g/mol. The molecule has 2 aliphatic heterocycles. The fourth-order valence-corrected chi connectivity index (χ4v) is 4.75. The van der Waals surface area contributed by atoms with Crippen LogP contribution in [0.15, 0.2) is 65.7 Å². The molecule has 0 bridgehead atoms. The number of β-amino-alcohol motifs (C(OH)–C–C–N with tert-alkyl or cyclic N) is 1. The van der Waals surface area contributed by atoms with Gasteiger partial charge in [-0.2, -0.15) is 0 Å². The molecule has 5 rings (SSSR count). The SMILES string of the molecule is O=C1N(Cc2ccc(-c3ccc(=O)[nH]c3)nc2)CCN1C[C@H](O)CN1CCc2ccccc2C1. The zero-order chi connectivity index (χ0) is 23.5. The van der Waals surface area contributed by atoms with Crippen LogP contribution >= 0.6 is 0 Å². The normalized spacial score (nSPS) is 17.1. The maximum atomic E-state index is 12.9. The van der Waals surface area contributed by atoms with Gasteiger partial charge in [-0.05, 0) is 35.2 Å². The summed E-state index contributed by atoms with van der Waals surface area (Å²) < 4.78 is 0. The minimum absolute atomic E-state index is 0.0484. The Morgan fingerprint density at radius 1 is 0.941 bits per heavy atom. The summed E-state index contributed by atoms with van der Waals surface area (Å²) >= 11 is 0. The Labute approximate surface area is 198 Å². The Morgan fingerprint density at radius 2 is 1.76 bits per heavy atom. The third-order valence-electron chi connectivity index (χ3n) is 6.57. The van der Waals surface area contributed by atoms with Crippen LogP contribution in [0.3, 0.4) is 0 Å². The van der Waals surface area contributed by atoms with Gasteiger partial charge >= 0.3 is 6.03 Å². The van der Waals surface area contributed by atoms with Crippen LogP contribution < -0.4 is 5.56 Å². The Kier molecular flexibility index (Phi) is 6.42. The first-order valence-electron chi connectivity index (χ1n) is 11.7. The Balaban J connectivity index is 1.12. The summed E-state index contributed by atoms with van der Waals surface area (Å²) in [5.74, 6) is 0. The van der Waals surface area contributed by atoms with Crippen molar-refractivity contribution in [1.29, 1.82) is 0 Å². The monoisotopic (exact) mass is 459 g/mol.